The highest BCUT2D eigenvalue weighted by atomic mass is 28.2. The minimum Gasteiger partial charge on any atom is -0.0650 e. The average Bonchev–Trinajstić information content (AvgIpc) is 2.81. The number of aryl methyl sites for hydroxylation is 2. The first-order valence-electron chi connectivity index (χ1n) is 7.84. The van der Waals surface area contributed by atoms with E-state index in [0.29, 0.717) is 0 Å². The van der Waals surface area contributed by atoms with Gasteiger partial charge in [0.15, 0.2) is 0 Å². The highest BCUT2D eigenvalue weighted by Gasteiger charge is 2.28. The quantitative estimate of drug-likeness (QED) is 0.633. The standard InChI is InChI=1S/C21H19Si/c1-14-11-15(2)13-16(12-14)22-21-19-9-5-3-7-17(19)18-8-4-6-10-20(18)21/h3-13H,22H2,1-2H3. The van der Waals surface area contributed by atoms with Gasteiger partial charge in [-0.3, -0.25) is 0 Å². The lowest BCUT2D eigenvalue weighted by molar-refractivity contribution is 1.40. The predicted molar refractivity (Wildman–Crippen MR) is 97.4 cm³/mol. The summed E-state index contributed by atoms with van der Waals surface area (Å²) in [7, 11) is -0.478. The van der Waals surface area contributed by atoms with Crippen molar-refractivity contribution >= 4 is 14.7 Å². The van der Waals surface area contributed by atoms with E-state index in [-0.39, 0.29) is 0 Å². The van der Waals surface area contributed by atoms with Gasteiger partial charge in [-0.05, 0) is 36.1 Å². The van der Waals surface area contributed by atoms with Crippen molar-refractivity contribution in [3.05, 3.63) is 94.5 Å². The second-order valence-electron chi connectivity index (χ2n) is 6.24. The van der Waals surface area contributed by atoms with E-state index in [9.17, 15) is 0 Å². The Balaban J connectivity index is 1.81. The van der Waals surface area contributed by atoms with E-state index in [0.717, 1.165) is 0 Å². The monoisotopic (exact) mass is 299 g/mol. The molecule has 0 amide bonds. The van der Waals surface area contributed by atoms with Crippen molar-refractivity contribution in [3.8, 4) is 11.1 Å². The molecule has 0 aliphatic heterocycles. The van der Waals surface area contributed by atoms with Crippen LogP contribution in [-0.4, -0.2) is 9.52 Å². The molecule has 0 saturated heterocycles. The third-order valence-corrected chi connectivity index (χ3v) is 6.39. The third-order valence-electron chi connectivity index (χ3n) is 4.46. The van der Waals surface area contributed by atoms with Crippen LogP contribution in [0.25, 0.3) is 11.1 Å². The summed E-state index contributed by atoms with van der Waals surface area (Å²) >= 11 is 0. The van der Waals surface area contributed by atoms with Crippen molar-refractivity contribution in [3.63, 3.8) is 0 Å². The van der Waals surface area contributed by atoms with Crippen LogP contribution in [0, 0.1) is 19.4 Å². The van der Waals surface area contributed by atoms with E-state index in [1.54, 1.807) is 10.7 Å². The van der Waals surface area contributed by atoms with E-state index in [2.05, 4.69) is 80.6 Å². The van der Waals surface area contributed by atoms with Gasteiger partial charge in [-0.2, -0.15) is 0 Å². The van der Waals surface area contributed by atoms with Crippen molar-refractivity contribution in [1.29, 1.82) is 0 Å². The molecule has 0 spiro atoms. The Kier molecular flexibility index (Phi) is 3.23. The van der Waals surface area contributed by atoms with Gasteiger partial charge >= 0.3 is 0 Å². The van der Waals surface area contributed by atoms with Crippen LogP contribution in [0.15, 0.2) is 66.7 Å². The van der Waals surface area contributed by atoms with Crippen molar-refractivity contribution < 1.29 is 0 Å². The summed E-state index contributed by atoms with van der Waals surface area (Å²) in [5.74, 6) is 0. The van der Waals surface area contributed by atoms with Gasteiger partial charge in [-0.1, -0.05) is 83.0 Å². The third kappa shape index (κ3) is 2.22. The summed E-state index contributed by atoms with van der Waals surface area (Å²) in [5, 5.41) is 1.54. The van der Waals surface area contributed by atoms with Gasteiger partial charge in [0.25, 0.3) is 0 Å². The fraction of sp³-hybridized carbons (Fsp3) is 0.0952. The summed E-state index contributed by atoms with van der Waals surface area (Å²) in [4.78, 5) is 0. The van der Waals surface area contributed by atoms with Gasteiger partial charge in [0.1, 0.15) is 0 Å². The molecule has 0 unspecified atom stereocenters. The first kappa shape index (κ1) is 13.5. The molecule has 1 heteroatoms. The zero-order valence-corrected chi connectivity index (χ0v) is 14.5. The fourth-order valence-electron chi connectivity index (χ4n) is 3.67. The lowest BCUT2D eigenvalue weighted by atomic mass is 10.1. The Morgan fingerprint density at radius 1 is 0.591 bits per heavy atom. The molecule has 107 valence electrons. The highest BCUT2D eigenvalue weighted by molar-refractivity contribution is 6.62. The van der Waals surface area contributed by atoms with Crippen LogP contribution in [0.3, 0.4) is 0 Å². The lowest BCUT2D eigenvalue weighted by Crippen LogP contribution is -2.23. The van der Waals surface area contributed by atoms with E-state index in [4.69, 9.17) is 0 Å². The van der Waals surface area contributed by atoms with Gasteiger partial charge in [0, 0.05) is 5.54 Å². The van der Waals surface area contributed by atoms with E-state index < -0.39 is 9.52 Å². The largest absolute Gasteiger partial charge is 0.0730 e. The first-order valence-corrected chi connectivity index (χ1v) is 9.26. The summed E-state index contributed by atoms with van der Waals surface area (Å²) in [5.41, 5.74) is 10.1. The Bertz CT molecular complexity index is 782. The molecule has 0 nitrogen and oxygen atoms in total. The predicted octanol–water partition coefficient (Wildman–Crippen LogP) is 3.71. The summed E-state index contributed by atoms with van der Waals surface area (Å²) in [6, 6.07) is 24.7. The first-order chi connectivity index (χ1) is 10.7. The maximum absolute atomic E-state index is 2.37. The van der Waals surface area contributed by atoms with E-state index in [1.807, 2.05) is 0 Å². The zero-order chi connectivity index (χ0) is 15.1. The number of fused-ring (bicyclic) bond motifs is 3. The normalized spacial score (nSPS) is 13.5. The van der Waals surface area contributed by atoms with Crippen molar-refractivity contribution in [2.75, 3.05) is 0 Å². The van der Waals surface area contributed by atoms with Gasteiger partial charge in [0.2, 0.25) is 0 Å². The average molecular weight is 299 g/mol. The van der Waals surface area contributed by atoms with Gasteiger partial charge in [-0.15, -0.1) is 0 Å². The Morgan fingerprint density at radius 2 is 1.05 bits per heavy atom. The molecular formula is C21H19Si. The molecule has 0 heterocycles. The van der Waals surface area contributed by atoms with Gasteiger partial charge in [0.05, 0.1) is 9.52 Å². The van der Waals surface area contributed by atoms with Crippen LogP contribution < -0.4 is 5.19 Å². The summed E-state index contributed by atoms with van der Waals surface area (Å²) < 4.78 is 0. The topological polar surface area (TPSA) is 0 Å². The molecular weight excluding hydrogens is 280 g/mol. The molecule has 0 saturated carbocycles. The molecule has 4 rings (SSSR count). The molecule has 0 atom stereocenters. The lowest BCUT2D eigenvalue weighted by Gasteiger charge is -2.13. The Morgan fingerprint density at radius 3 is 1.55 bits per heavy atom. The van der Waals surface area contributed by atoms with Crippen molar-refractivity contribution in [1.82, 2.24) is 0 Å². The highest BCUT2D eigenvalue weighted by Crippen LogP contribution is 2.43. The molecule has 3 aromatic rings. The molecule has 3 aromatic carbocycles. The molecule has 1 aliphatic carbocycles. The van der Waals surface area contributed by atoms with Crippen LogP contribution in [0.4, 0.5) is 0 Å². The number of benzene rings is 3. The number of hydrogen-bond donors (Lipinski definition) is 0. The zero-order valence-electron chi connectivity index (χ0n) is 13.1. The minimum absolute atomic E-state index is 0.478. The molecule has 0 bridgehead atoms. The van der Waals surface area contributed by atoms with Crippen LogP contribution in [0.5, 0.6) is 0 Å². The van der Waals surface area contributed by atoms with Gasteiger partial charge < -0.3 is 0 Å². The van der Waals surface area contributed by atoms with Crippen LogP contribution in [0.1, 0.15) is 22.3 Å². The maximum atomic E-state index is 2.37. The molecule has 0 aromatic heterocycles. The summed E-state index contributed by atoms with van der Waals surface area (Å²) in [6.45, 7) is 4.40. The fourth-order valence-corrected chi connectivity index (χ4v) is 5.93. The maximum Gasteiger partial charge on any atom is 0.0730 e. The smallest absolute Gasteiger partial charge is 0.0650 e. The Hall–Kier alpha value is -2.12. The van der Waals surface area contributed by atoms with Crippen LogP contribution in [0.2, 0.25) is 0 Å². The summed E-state index contributed by atoms with van der Waals surface area (Å²) in [6.07, 6.45) is 0. The van der Waals surface area contributed by atoms with Crippen molar-refractivity contribution in [2.45, 2.75) is 13.8 Å². The van der Waals surface area contributed by atoms with Crippen LogP contribution >= 0.6 is 0 Å². The molecule has 1 aliphatic rings. The molecule has 0 N–H and O–H groups in total. The Labute approximate surface area is 134 Å². The van der Waals surface area contributed by atoms with Gasteiger partial charge in [-0.25, -0.2) is 0 Å². The van der Waals surface area contributed by atoms with E-state index in [1.165, 1.54) is 33.4 Å². The SMILES string of the molecule is Cc1cc(C)cc([SiH2][C]2c3ccccc3-c3ccccc32)c1. The second-order valence-corrected chi connectivity index (χ2v) is 8.12. The van der Waals surface area contributed by atoms with Crippen LogP contribution in [-0.2, 0) is 0 Å². The molecule has 0 fully saturated rings. The molecule has 22 heavy (non-hydrogen) atoms. The number of hydrogen-bond acceptors (Lipinski definition) is 0. The minimum atomic E-state index is -0.478. The van der Waals surface area contributed by atoms with Crippen molar-refractivity contribution in [2.24, 2.45) is 0 Å². The second kappa shape index (κ2) is 5.26. The molecule has 1 radical (unpaired) electrons. The van der Waals surface area contributed by atoms with E-state index >= 15 is 0 Å². The number of rotatable bonds is 2.